The second kappa shape index (κ2) is 4.58. The maximum Gasteiger partial charge on any atom is 0.167 e. The van der Waals surface area contributed by atoms with E-state index in [4.69, 9.17) is 15.6 Å². The second-order valence-corrected chi connectivity index (χ2v) is 4.58. The molecule has 2 rings (SSSR count). The van der Waals surface area contributed by atoms with Gasteiger partial charge in [-0.05, 0) is 25.0 Å². The van der Waals surface area contributed by atoms with Crippen LogP contribution < -0.4 is 10.5 Å². The summed E-state index contributed by atoms with van der Waals surface area (Å²) in [5.41, 5.74) is 5.24. The highest BCUT2D eigenvalue weighted by atomic mass is 19.1. The van der Waals surface area contributed by atoms with Crippen LogP contribution in [0.25, 0.3) is 0 Å². The number of hydrogen-bond donors (Lipinski definition) is 2. The van der Waals surface area contributed by atoms with Crippen LogP contribution in [0.15, 0.2) is 18.2 Å². The van der Waals surface area contributed by atoms with E-state index >= 15 is 0 Å². The van der Waals surface area contributed by atoms with Gasteiger partial charge in [-0.15, -0.1) is 0 Å². The highest BCUT2D eigenvalue weighted by molar-refractivity contribution is 5.25. The molecular formula is C12H15F2NO2. The van der Waals surface area contributed by atoms with Crippen molar-refractivity contribution in [3.05, 3.63) is 29.8 Å². The molecule has 1 aromatic carbocycles. The second-order valence-electron chi connectivity index (χ2n) is 4.58. The van der Waals surface area contributed by atoms with Gasteiger partial charge in [0.15, 0.2) is 11.6 Å². The Labute approximate surface area is 98.2 Å². The third-order valence-electron chi connectivity index (χ3n) is 3.10. The van der Waals surface area contributed by atoms with Crippen molar-refractivity contribution in [2.45, 2.75) is 30.9 Å². The lowest BCUT2D eigenvalue weighted by Gasteiger charge is -2.21. The number of benzene rings is 1. The molecule has 0 heterocycles. The maximum atomic E-state index is 13.3. The number of rotatable bonds is 3. The van der Waals surface area contributed by atoms with Gasteiger partial charge in [0, 0.05) is 18.0 Å². The van der Waals surface area contributed by atoms with E-state index in [-0.39, 0.29) is 18.5 Å². The van der Waals surface area contributed by atoms with Gasteiger partial charge in [-0.3, -0.25) is 0 Å². The van der Waals surface area contributed by atoms with Gasteiger partial charge in [0.25, 0.3) is 0 Å². The first-order valence-electron chi connectivity index (χ1n) is 5.54. The highest BCUT2D eigenvalue weighted by Gasteiger charge is 2.36. The normalized spacial score (nSPS) is 28.4. The van der Waals surface area contributed by atoms with E-state index in [0.717, 1.165) is 12.1 Å². The molecule has 17 heavy (non-hydrogen) atoms. The first-order chi connectivity index (χ1) is 8.02. The zero-order chi connectivity index (χ0) is 12.5. The zero-order valence-electron chi connectivity index (χ0n) is 9.33. The molecule has 0 amide bonds. The molecule has 0 spiro atoms. The van der Waals surface area contributed by atoms with Crippen molar-refractivity contribution in [2.24, 2.45) is 5.73 Å². The molecule has 0 radical (unpaired) electrons. The van der Waals surface area contributed by atoms with Gasteiger partial charge in [0.05, 0.1) is 6.61 Å². The van der Waals surface area contributed by atoms with Crippen LogP contribution >= 0.6 is 0 Å². The predicted octanol–water partition coefficient (Wildman–Crippen LogP) is 1.59. The summed E-state index contributed by atoms with van der Waals surface area (Å²) < 4.78 is 31.4. The average molecular weight is 243 g/mol. The Balaban J connectivity index is 2.03. The Hall–Kier alpha value is -1.20. The van der Waals surface area contributed by atoms with Gasteiger partial charge in [-0.1, -0.05) is 0 Å². The van der Waals surface area contributed by atoms with Gasteiger partial charge in [0.1, 0.15) is 11.9 Å². The van der Waals surface area contributed by atoms with Gasteiger partial charge < -0.3 is 15.6 Å². The van der Waals surface area contributed by atoms with Gasteiger partial charge in [-0.25, -0.2) is 8.78 Å². The van der Waals surface area contributed by atoms with Crippen LogP contribution in [0.1, 0.15) is 19.3 Å². The van der Waals surface area contributed by atoms with Crippen LogP contribution in [0.5, 0.6) is 5.75 Å². The van der Waals surface area contributed by atoms with E-state index in [1.165, 1.54) is 6.07 Å². The standard InChI is InChI=1S/C12H15F2NO2/c13-8-1-2-11(10(14)5-8)17-9-3-4-12(15,6-9)7-16/h1-2,5,9,16H,3-4,6-7,15H2. The Kier molecular flexibility index (Phi) is 3.31. The molecule has 0 bridgehead atoms. The van der Waals surface area contributed by atoms with Crippen LogP contribution in [0.3, 0.4) is 0 Å². The molecule has 1 saturated carbocycles. The molecule has 0 aliphatic heterocycles. The smallest absolute Gasteiger partial charge is 0.167 e. The summed E-state index contributed by atoms with van der Waals surface area (Å²) in [7, 11) is 0. The van der Waals surface area contributed by atoms with Crippen molar-refractivity contribution >= 4 is 0 Å². The Morgan fingerprint density at radius 2 is 2.24 bits per heavy atom. The molecule has 3 nitrogen and oxygen atoms in total. The lowest BCUT2D eigenvalue weighted by molar-refractivity contribution is 0.162. The molecule has 0 aromatic heterocycles. The summed E-state index contributed by atoms with van der Waals surface area (Å²) in [5, 5.41) is 9.10. The molecule has 94 valence electrons. The van der Waals surface area contributed by atoms with Crippen molar-refractivity contribution in [1.29, 1.82) is 0 Å². The van der Waals surface area contributed by atoms with E-state index in [1.807, 2.05) is 0 Å². The zero-order valence-corrected chi connectivity index (χ0v) is 9.33. The molecule has 5 heteroatoms. The molecule has 1 fully saturated rings. The van der Waals surface area contributed by atoms with Crippen molar-refractivity contribution in [1.82, 2.24) is 0 Å². The number of halogens is 2. The summed E-state index contributed by atoms with van der Waals surface area (Å²) >= 11 is 0. The van der Waals surface area contributed by atoms with Crippen LogP contribution in [-0.4, -0.2) is 23.4 Å². The van der Waals surface area contributed by atoms with Gasteiger partial charge >= 0.3 is 0 Å². The Morgan fingerprint density at radius 1 is 1.47 bits per heavy atom. The fourth-order valence-electron chi connectivity index (χ4n) is 2.10. The van der Waals surface area contributed by atoms with Crippen molar-refractivity contribution in [3.8, 4) is 5.75 Å². The minimum atomic E-state index is -0.719. The largest absolute Gasteiger partial charge is 0.487 e. The summed E-state index contributed by atoms with van der Waals surface area (Å²) in [6.45, 7) is -0.112. The first kappa shape index (κ1) is 12.3. The fraction of sp³-hybridized carbons (Fsp3) is 0.500. The topological polar surface area (TPSA) is 55.5 Å². The lowest BCUT2D eigenvalue weighted by atomic mass is 10.0. The Bertz CT molecular complexity index is 413. The minimum absolute atomic E-state index is 0.0265. The van der Waals surface area contributed by atoms with Crippen LogP contribution in [0.2, 0.25) is 0 Å². The summed E-state index contributed by atoms with van der Waals surface area (Å²) in [6.07, 6.45) is 1.54. The average Bonchev–Trinajstić information content (AvgIpc) is 2.66. The quantitative estimate of drug-likeness (QED) is 0.847. The van der Waals surface area contributed by atoms with Crippen molar-refractivity contribution < 1.29 is 18.6 Å². The third-order valence-corrected chi connectivity index (χ3v) is 3.10. The number of nitrogens with two attached hydrogens (primary N) is 1. The molecular weight excluding hydrogens is 228 g/mol. The minimum Gasteiger partial charge on any atom is -0.487 e. The van der Waals surface area contributed by atoms with Crippen LogP contribution in [-0.2, 0) is 0 Å². The summed E-state index contributed by atoms with van der Waals surface area (Å²) in [6, 6.07) is 3.20. The number of aliphatic hydroxyl groups is 1. The summed E-state index contributed by atoms with van der Waals surface area (Å²) in [5.74, 6) is -1.33. The molecule has 0 saturated heterocycles. The molecule has 1 aliphatic carbocycles. The number of aliphatic hydroxyl groups excluding tert-OH is 1. The van der Waals surface area contributed by atoms with Crippen LogP contribution in [0, 0.1) is 11.6 Å². The molecule has 1 aliphatic rings. The summed E-state index contributed by atoms with van der Waals surface area (Å²) in [4.78, 5) is 0. The van der Waals surface area contributed by atoms with Gasteiger partial charge in [0.2, 0.25) is 0 Å². The molecule has 2 atom stereocenters. The molecule has 2 unspecified atom stereocenters. The highest BCUT2D eigenvalue weighted by Crippen LogP contribution is 2.31. The molecule has 1 aromatic rings. The van der Waals surface area contributed by atoms with Crippen LogP contribution in [0.4, 0.5) is 8.78 Å². The van der Waals surface area contributed by atoms with E-state index in [9.17, 15) is 8.78 Å². The predicted molar refractivity (Wildman–Crippen MR) is 58.6 cm³/mol. The number of ether oxygens (including phenoxy) is 1. The Morgan fingerprint density at radius 3 is 2.82 bits per heavy atom. The fourth-order valence-corrected chi connectivity index (χ4v) is 2.10. The monoisotopic (exact) mass is 243 g/mol. The van der Waals surface area contributed by atoms with Crippen molar-refractivity contribution in [2.75, 3.05) is 6.61 Å². The molecule has 3 N–H and O–H groups in total. The first-order valence-corrected chi connectivity index (χ1v) is 5.54. The van der Waals surface area contributed by atoms with E-state index in [0.29, 0.717) is 19.3 Å². The van der Waals surface area contributed by atoms with Crippen molar-refractivity contribution in [3.63, 3.8) is 0 Å². The number of hydrogen-bond acceptors (Lipinski definition) is 3. The van der Waals surface area contributed by atoms with E-state index in [2.05, 4.69) is 0 Å². The third kappa shape index (κ3) is 2.73. The van der Waals surface area contributed by atoms with E-state index < -0.39 is 17.2 Å². The van der Waals surface area contributed by atoms with Gasteiger partial charge in [-0.2, -0.15) is 0 Å². The van der Waals surface area contributed by atoms with E-state index in [1.54, 1.807) is 0 Å². The SMILES string of the molecule is NC1(CO)CCC(Oc2ccc(F)cc2F)C1. The lowest BCUT2D eigenvalue weighted by Crippen LogP contribution is -2.41. The maximum absolute atomic E-state index is 13.3.